The van der Waals surface area contributed by atoms with Gasteiger partial charge in [-0.2, -0.15) is 5.26 Å². The first-order valence-corrected chi connectivity index (χ1v) is 4.55. The fourth-order valence-electron chi connectivity index (χ4n) is 0.797. The summed E-state index contributed by atoms with van der Waals surface area (Å²) in [5, 5.41) is 10.2. The number of rotatable bonds is 2. The molecule has 1 aromatic rings. The Morgan fingerprint density at radius 3 is 2.50 bits per heavy atom. The van der Waals surface area contributed by atoms with E-state index in [0.29, 0.717) is 10.7 Å². The molecule has 0 spiro atoms. The van der Waals surface area contributed by atoms with Gasteiger partial charge in [0, 0.05) is 10.7 Å². The maximum absolute atomic E-state index is 11.1. The van der Waals surface area contributed by atoms with Gasteiger partial charge < -0.3 is 5.32 Å². The first kappa shape index (κ1) is 10.8. The van der Waals surface area contributed by atoms with Gasteiger partial charge in [-0.1, -0.05) is 23.2 Å². The van der Waals surface area contributed by atoms with Crippen LogP contribution in [0.5, 0.6) is 0 Å². The van der Waals surface area contributed by atoms with Gasteiger partial charge >= 0.3 is 0 Å². The van der Waals surface area contributed by atoms with Crippen molar-refractivity contribution in [3.63, 3.8) is 0 Å². The van der Waals surface area contributed by atoms with Crippen molar-refractivity contribution in [2.24, 2.45) is 0 Å². The molecule has 0 saturated carbocycles. The summed E-state index contributed by atoms with van der Waals surface area (Å²) >= 11 is 11.0. The van der Waals surface area contributed by atoms with Crippen LogP contribution in [0.15, 0.2) is 24.3 Å². The summed E-state index contributed by atoms with van der Waals surface area (Å²) in [7, 11) is 0. The molecule has 72 valence electrons. The van der Waals surface area contributed by atoms with Gasteiger partial charge in [0.1, 0.15) is 0 Å². The Morgan fingerprint density at radius 2 is 2.00 bits per heavy atom. The number of halogens is 2. The topological polar surface area (TPSA) is 52.9 Å². The SMILES string of the molecule is N#CC(Cl)C(=O)Nc1ccc(Cl)cc1. The fraction of sp³-hybridized carbons (Fsp3) is 0.111. The van der Waals surface area contributed by atoms with Crippen LogP contribution in [0, 0.1) is 11.3 Å². The van der Waals surface area contributed by atoms with E-state index in [0.717, 1.165) is 0 Å². The summed E-state index contributed by atoms with van der Waals surface area (Å²) in [5.41, 5.74) is 0.556. The number of anilines is 1. The van der Waals surface area contributed by atoms with Crippen molar-refractivity contribution in [1.82, 2.24) is 0 Å². The molecule has 0 saturated heterocycles. The normalized spacial score (nSPS) is 11.5. The monoisotopic (exact) mass is 228 g/mol. The van der Waals surface area contributed by atoms with Crippen molar-refractivity contribution in [3.05, 3.63) is 29.3 Å². The van der Waals surface area contributed by atoms with Crippen LogP contribution in [-0.4, -0.2) is 11.3 Å². The molecular weight excluding hydrogens is 223 g/mol. The molecule has 0 radical (unpaired) electrons. The van der Waals surface area contributed by atoms with E-state index in [2.05, 4.69) is 5.32 Å². The van der Waals surface area contributed by atoms with Crippen molar-refractivity contribution in [3.8, 4) is 6.07 Å². The molecule has 3 nitrogen and oxygen atoms in total. The number of nitrogens with zero attached hydrogens (tertiary/aromatic N) is 1. The van der Waals surface area contributed by atoms with Crippen molar-refractivity contribution in [2.75, 3.05) is 5.32 Å². The third kappa shape index (κ3) is 2.91. The van der Waals surface area contributed by atoms with Gasteiger partial charge in [0.15, 0.2) is 5.38 Å². The average Bonchev–Trinajstić information content (AvgIpc) is 2.20. The highest BCUT2D eigenvalue weighted by atomic mass is 35.5. The van der Waals surface area contributed by atoms with Crippen molar-refractivity contribution >= 4 is 34.8 Å². The van der Waals surface area contributed by atoms with E-state index in [1.807, 2.05) is 0 Å². The number of carbonyl (C=O) groups excluding carboxylic acids is 1. The lowest BCUT2D eigenvalue weighted by atomic mass is 10.3. The zero-order valence-electron chi connectivity index (χ0n) is 7.00. The number of benzene rings is 1. The van der Waals surface area contributed by atoms with Crippen LogP contribution in [0.1, 0.15) is 0 Å². The molecule has 14 heavy (non-hydrogen) atoms. The highest BCUT2D eigenvalue weighted by Gasteiger charge is 2.13. The molecule has 1 aromatic carbocycles. The number of hydrogen-bond donors (Lipinski definition) is 1. The van der Waals surface area contributed by atoms with E-state index in [1.165, 1.54) is 0 Å². The highest BCUT2D eigenvalue weighted by molar-refractivity contribution is 6.34. The van der Waals surface area contributed by atoms with E-state index in [1.54, 1.807) is 30.3 Å². The van der Waals surface area contributed by atoms with Crippen molar-refractivity contribution < 1.29 is 4.79 Å². The Kier molecular flexibility index (Phi) is 3.75. The third-order valence-electron chi connectivity index (χ3n) is 1.46. The second-order valence-corrected chi connectivity index (χ2v) is 3.36. The molecule has 0 aliphatic carbocycles. The minimum Gasteiger partial charge on any atom is -0.324 e. The van der Waals surface area contributed by atoms with Gasteiger partial charge in [-0.05, 0) is 24.3 Å². The number of amides is 1. The molecule has 0 aliphatic heterocycles. The largest absolute Gasteiger partial charge is 0.324 e. The standard InChI is InChI=1S/C9H6Cl2N2O/c10-6-1-3-7(4-2-6)13-9(14)8(11)5-12/h1-4,8H,(H,13,14). The van der Waals surface area contributed by atoms with Crippen molar-refractivity contribution in [1.29, 1.82) is 5.26 Å². The molecule has 0 heterocycles. The Bertz CT molecular complexity index is 369. The van der Waals surface area contributed by atoms with Crippen LogP contribution in [0.25, 0.3) is 0 Å². The zero-order valence-corrected chi connectivity index (χ0v) is 8.51. The molecule has 1 N–H and O–H groups in total. The zero-order chi connectivity index (χ0) is 10.6. The van der Waals surface area contributed by atoms with Gasteiger partial charge in [-0.3, -0.25) is 4.79 Å². The molecule has 1 rings (SSSR count). The summed E-state index contributed by atoms with van der Waals surface area (Å²) in [4.78, 5) is 11.1. The molecule has 0 bridgehead atoms. The Morgan fingerprint density at radius 1 is 1.43 bits per heavy atom. The second kappa shape index (κ2) is 4.85. The number of nitrogens with one attached hydrogen (secondary N) is 1. The number of nitriles is 1. The van der Waals surface area contributed by atoms with Gasteiger partial charge in [0.2, 0.25) is 0 Å². The van der Waals surface area contributed by atoms with Crippen LogP contribution in [-0.2, 0) is 4.79 Å². The second-order valence-electron chi connectivity index (χ2n) is 2.49. The fourth-order valence-corrected chi connectivity index (χ4v) is 0.978. The Labute approximate surface area is 91.2 Å². The molecule has 1 unspecified atom stereocenters. The van der Waals surface area contributed by atoms with E-state index < -0.39 is 11.3 Å². The lowest BCUT2D eigenvalue weighted by molar-refractivity contribution is -0.115. The van der Waals surface area contributed by atoms with Gasteiger partial charge in [-0.25, -0.2) is 0 Å². The van der Waals surface area contributed by atoms with Crippen molar-refractivity contribution in [2.45, 2.75) is 5.38 Å². The smallest absolute Gasteiger partial charge is 0.256 e. The van der Waals surface area contributed by atoms with Crippen LogP contribution < -0.4 is 5.32 Å². The molecule has 0 fully saturated rings. The van der Waals surface area contributed by atoms with Crippen LogP contribution in [0.2, 0.25) is 5.02 Å². The van der Waals surface area contributed by atoms with E-state index in [-0.39, 0.29) is 0 Å². The molecule has 0 aromatic heterocycles. The lowest BCUT2D eigenvalue weighted by Gasteiger charge is -2.04. The summed E-state index contributed by atoms with van der Waals surface area (Å²) in [6, 6.07) is 8.14. The molecule has 1 amide bonds. The minimum absolute atomic E-state index is 0.545. The predicted octanol–water partition coefficient (Wildman–Crippen LogP) is 2.41. The average molecular weight is 229 g/mol. The Hall–Kier alpha value is -1.24. The summed E-state index contributed by atoms with van der Waals surface area (Å²) in [6.07, 6.45) is 0. The van der Waals surface area contributed by atoms with E-state index in [4.69, 9.17) is 28.5 Å². The quantitative estimate of drug-likeness (QED) is 0.791. The molecular formula is C9H6Cl2N2O. The lowest BCUT2D eigenvalue weighted by Crippen LogP contribution is -2.21. The van der Waals surface area contributed by atoms with Gasteiger partial charge in [0.05, 0.1) is 6.07 Å². The summed E-state index contributed by atoms with van der Waals surface area (Å²) < 4.78 is 0. The van der Waals surface area contributed by atoms with Gasteiger partial charge in [-0.15, -0.1) is 0 Å². The molecule has 1 atom stereocenters. The minimum atomic E-state index is -1.18. The number of carbonyl (C=O) groups is 1. The summed E-state index contributed by atoms with van der Waals surface area (Å²) in [6.45, 7) is 0. The van der Waals surface area contributed by atoms with Gasteiger partial charge in [0.25, 0.3) is 5.91 Å². The summed E-state index contributed by atoms with van der Waals surface area (Å²) in [5.74, 6) is -0.545. The third-order valence-corrected chi connectivity index (χ3v) is 2.00. The van der Waals surface area contributed by atoms with Crippen LogP contribution in [0.4, 0.5) is 5.69 Å². The molecule has 5 heteroatoms. The van der Waals surface area contributed by atoms with E-state index in [9.17, 15) is 4.79 Å². The number of hydrogen-bond acceptors (Lipinski definition) is 2. The molecule has 0 aliphatic rings. The van der Waals surface area contributed by atoms with Crippen LogP contribution >= 0.6 is 23.2 Å². The first-order valence-electron chi connectivity index (χ1n) is 3.73. The highest BCUT2D eigenvalue weighted by Crippen LogP contribution is 2.13. The van der Waals surface area contributed by atoms with E-state index >= 15 is 0 Å². The number of alkyl halides is 1. The van der Waals surface area contributed by atoms with Crippen LogP contribution in [0.3, 0.4) is 0 Å². The maximum Gasteiger partial charge on any atom is 0.256 e. The maximum atomic E-state index is 11.1. The Balaban J connectivity index is 2.66. The first-order chi connectivity index (χ1) is 6.63. The predicted molar refractivity (Wildman–Crippen MR) is 55.3 cm³/mol.